The Balaban J connectivity index is 1.53. The summed E-state index contributed by atoms with van der Waals surface area (Å²) < 4.78 is 0. The molecule has 0 radical (unpaired) electrons. The molecule has 1 amide bonds. The average molecular weight is 286 g/mol. The third-order valence-electron chi connectivity index (χ3n) is 5.01. The van der Waals surface area contributed by atoms with E-state index in [1.165, 1.54) is 24.0 Å². The van der Waals surface area contributed by atoms with Gasteiger partial charge in [0.25, 0.3) is 0 Å². The van der Waals surface area contributed by atoms with E-state index in [0.29, 0.717) is 6.04 Å². The van der Waals surface area contributed by atoms with Gasteiger partial charge in [-0.05, 0) is 43.2 Å². The monoisotopic (exact) mass is 286 g/mol. The number of carbonyl (C=O) groups is 1. The van der Waals surface area contributed by atoms with Gasteiger partial charge in [0.15, 0.2) is 0 Å². The Hall–Kier alpha value is -1.35. The highest BCUT2D eigenvalue weighted by Crippen LogP contribution is 2.42. The number of hydrogen-bond donors (Lipinski definition) is 2. The van der Waals surface area contributed by atoms with Crippen molar-refractivity contribution in [1.82, 2.24) is 5.32 Å². The second-order valence-electron chi connectivity index (χ2n) is 6.95. The lowest BCUT2D eigenvalue weighted by Crippen LogP contribution is -2.37. The van der Waals surface area contributed by atoms with E-state index in [0.717, 1.165) is 32.1 Å². The van der Waals surface area contributed by atoms with Gasteiger partial charge in [-0.15, -0.1) is 0 Å². The molecule has 0 aromatic heterocycles. The minimum atomic E-state index is -0.0655. The van der Waals surface area contributed by atoms with E-state index in [-0.39, 0.29) is 17.4 Å². The first-order chi connectivity index (χ1) is 10.1. The molecule has 1 atom stereocenters. The summed E-state index contributed by atoms with van der Waals surface area (Å²) in [5, 5.41) is 3.19. The summed E-state index contributed by atoms with van der Waals surface area (Å²) >= 11 is 0. The van der Waals surface area contributed by atoms with E-state index in [1.54, 1.807) is 0 Å². The molecule has 0 bridgehead atoms. The van der Waals surface area contributed by atoms with Crippen molar-refractivity contribution in [1.29, 1.82) is 0 Å². The second-order valence-corrected chi connectivity index (χ2v) is 6.95. The molecule has 2 saturated carbocycles. The molecule has 0 saturated heterocycles. The Morgan fingerprint density at radius 3 is 2.48 bits per heavy atom. The molecule has 0 heterocycles. The molecule has 2 aliphatic rings. The molecular formula is C18H26N2O. The number of rotatable bonds is 5. The van der Waals surface area contributed by atoms with Gasteiger partial charge in [-0.1, -0.05) is 44.0 Å². The molecule has 1 unspecified atom stereocenters. The fourth-order valence-electron chi connectivity index (χ4n) is 3.26. The maximum Gasteiger partial charge on any atom is 0.223 e. The molecule has 2 aliphatic carbocycles. The Kier molecular flexibility index (Phi) is 4.03. The molecule has 21 heavy (non-hydrogen) atoms. The van der Waals surface area contributed by atoms with Crippen LogP contribution in [-0.4, -0.2) is 11.9 Å². The van der Waals surface area contributed by atoms with Crippen LogP contribution in [0.1, 0.15) is 56.6 Å². The SMILES string of the molecule is CC(Cc1ccc(C2(N)CC2)cc1)C(=O)NC1CCCC1. The highest BCUT2D eigenvalue weighted by Gasteiger charge is 2.39. The lowest BCUT2D eigenvalue weighted by atomic mass is 9.97. The molecule has 3 N–H and O–H groups in total. The van der Waals surface area contributed by atoms with Crippen molar-refractivity contribution >= 4 is 5.91 Å². The van der Waals surface area contributed by atoms with E-state index in [9.17, 15) is 4.79 Å². The van der Waals surface area contributed by atoms with Crippen LogP contribution < -0.4 is 11.1 Å². The average Bonchev–Trinajstić information content (AvgIpc) is 3.01. The maximum atomic E-state index is 12.2. The van der Waals surface area contributed by atoms with E-state index >= 15 is 0 Å². The zero-order valence-corrected chi connectivity index (χ0v) is 12.9. The molecule has 3 heteroatoms. The zero-order chi connectivity index (χ0) is 14.9. The molecule has 1 aromatic carbocycles. The first-order valence-corrected chi connectivity index (χ1v) is 8.25. The van der Waals surface area contributed by atoms with Gasteiger partial charge in [0.05, 0.1) is 0 Å². The third kappa shape index (κ3) is 3.46. The minimum absolute atomic E-state index is 0.0317. The summed E-state index contributed by atoms with van der Waals surface area (Å²) in [4.78, 5) is 12.2. The van der Waals surface area contributed by atoms with Crippen molar-refractivity contribution in [3.63, 3.8) is 0 Å². The lowest BCUT2D eigenvalue weighted by molar-refractivity contribution is -0.125. The van der Waals surface area contributed by atoms with Crippen molar-refractivity contribution in [2.45, 2.75) is 63.5 Å². The first-order valence-electron chi connectivity index (χ1n) is 8.25. The fraction of sp³-hybridized carbons (Fsp3) is 0.611. The van der Waals surface area contributed by atoms with Gasteiger partial charge in [-0.2, -0.15) is 0 Å². The lowest BCUT2D eigenvalue weighted by Gasteiger charge is -2.17. The summed E-state index contributed by atoms with van der Waals surface area (Å²) in [5.41, 5.74) is 8.58. The summed E-state index contributed by atoms with van der Waals surface area (Å²) in [5.74, 6) is 0.229. The van der Waals surface area contributed by atoms with Crippen molar-refractivity contribution in [2.24, 2.45) is 11.7 Å². The number of amides is 1. The summed E-state index contributed by atoms with van der Waals surface area (Å²) in [7, 11) is 0. The normalized spacial score (nSPS) is 22.0. The van der Waals surface area contributed by atoms with Crippen molar-refractivity contribution in [3.8, 4) is 0 Å². The number of carbonyl (C=O) groups excluding carboxylic acids is 1. The predicted molar refractivity (Wildman–Crippen MR) is 84.8 cm³/mol. The largest absolute Gasteiger partial charge is 0.353 e. The van der Waals surface area contributed by atoms with E-state index in [2.05, 4.69) is 29.6 Å². The van der Waals surface area contributed by atoms with Crippen LogP contribution in [0, 0.1) is 5.92 Å². The van der Waals surface area contributed by atoms with Gasteiger partial charge in [0.1, 0.15) is 0 Å². The molecular weight excluding hydrogens is 260 g/mol. The minimum Gasteiger partial charge on any atom is -0.353 e. The Bertz CT molecular complexity index is 498. The van der Waals surface area contributed by atoms with Crippen LogP contribution in [0.25, 0.3) is 0 Å². The van der Waals surface area contributed by atoms with Crippen molar-refractivity contribution in [3.05, 3.63) is 35.4 Å². The quantitative estimate of drug-likeness (QED) is 0.874. The molecule has 114 valence electrons. The molecule has 3 rings (SSSR count). The van der Waals surface area contributed by atoms with Gasteiger partial charge in [0.2, 0.25) is 5.91 Å². The number of nitrogens with two attached hydrogens (primary N) is 1. The molecule has 2 fully saturated rings. The smallest absolute Gasteiger partial charge is 0.223 e. The van der Waals surface area contributed by atoms with Gasteiger partial charge in [0, 0.05) is 17.5 Å². The van der Waals surface area contributed by atoms with Gasteiger partial charge >= 0.3 is 0 Å². The van der Waals surface area contributed by atoms with E-state index in [4.69, 9.17) is 5.73 Å². The Morgan fingerprint density at radius 1 is 1.29 bits per heavy atom. The topological polar surface area (TPSA) is 55.1 Å². The van der Waals surface area contributed by atoms with Gasteiger partial charge in [-0.3, -0.25) is 4.79 Å². The second kappa shape index (κ2) is 5.80. The molecule has 0 aliphatic heterocycles. The van der Waals surface area contributed by atoms with Crippen LogP contribution in [0.5, 0.6) is 0 Å². The Morgan fingerprint density at radius 2 is 1.90 bits per heavy atom. The highest BCUT2D eigenvalue weighted by molar-refractivity contribution is 5.78. The van der Waals surface area contributed by atoms with E-state index in [1.807, 2.05) is 6.92 Å². The summed E-state index contributed by atoms with van der Waals surface area (Å²) in [6.45, 7) is 2.02. The van der Waals surface area contributed by atoms with Crippen molar-refractivity contribution in [2.75, 3.05) is 0 Å². The van der Waals surface area contributed by atoms with Crippen LogP contribution in [0.4, 0.5) is 0 Å². The third-order valence-corrected chi connectivity index (χ3v) is 5.01. The molecule has 0 spiro atoms. The van der Waals surface area contributed by atoms with Crippen molar-refractivity contribution < 1.29 is 4.79 Å². The highest BCUT2D eigenvalue weighted by atomic mass is 16.1. The first kappa shape index (κ1) is 14.6. The van der Waals surface area contributed by atoms with Gasteiger partial charge in [-0.25, -0.2) is 0 Å². The van der Waals surface area contributed by atoms with E-state index < -0.39 is 0 Å². The number of benzene rings is 1. The Labute approximate surface area is 127 Å². The predicted octanol–water partition coefficient (Wildman–Crippen LogP) is 2.87. The summed E-state index contributed by atoms with van der Waals surface area (Å²) in [6.07, 6.45) is 7.77. The fourth-order valence-corrected chi connectivity index (χ4v) is 3.26. The van der Waals surface area contributed by atoms with Crippen LogP contribution in [0.15, 0.2) is 24.3 Å². The van der Waals surface area contributed by atoms with Crippen LogP contribution in [0.3, 0.4) is 0 Å². The molecule has 1 aromatic rings. The molecule has 3 nitrogen and oxygen atoms in total. The van der Waals surface area contributed by atoms with Gasteiger partial charge < -0.3 is 11.1 Å². The van der Waals surface area contributed by atoms with Crippen LogP contribution in [-0.2, 0) is 16.8 Å². The zero-order valence-electron chi connectivity index (χ0n) is 12.9. The van der Waals surface area contributed by atoms with Crippen LogP contribution >= 0.6 is 0 Å². The number of nitrogens with one attached hydrogen (secondary N) is 1. The van der Waals surface area contributed by atoms with Crippen LogP contribution in [0.2, 0.25) is 0 Å². The standard InChI is InChI=1S/C18H26N2O/c1-13(17(21)20-16-4-2-3-5-16)12-14-6-8-15(9-7-14)18(19)10-11-18/h6-9,13,16H,2-5,10-12,19H2,1H3,(H,20,21). The summed E-state index contributed by atoms with van der Waals surface area (Å²) in [6, 6.07) is 8.92. The maximum absolute atomic E-state index is 12.2. The number of hydrogen-bond acceptors (Lipinski definition) is 2.